The fourth-order valence-corrected chi connectivity index (χ4v) is 2.40. The Morgan fingerprint density at radius 1 is 1.25 bits per heavy atom. The van der Waals surface area contributed by atoms with Gasteiger partial charge in [0, 0.05) is 10.9 Å². The molecule has 20 heavy (non-hydrogen) atoms. The molecule has 0 aromatic heterocycles. The molecule has 0 aliphatic carbocycles. The summed E-state index contributed by atoms with van der Waals surface area (Å²) in [6.45, 7) is 2.38. The molecule has 0 unspecified atom stereocenters. The van der Waals surface area contributed by atoms with Crippen LogP contribution in [-0.2, 0) is 6.42 Å². The molecule has 0 saturated carbocycles. The van der Waals surface area contributed by atoms with Crippen LogP contribution in [0.1, 0.15) is 22.8 Å². The van der Waals surface area contributed by atoms with E-state index in [1.54, 1.807) is 24.3 Å². The lowest BCUT2D eigenvalue weighted by Gasteiger charge is -2.09. The highest BCUT2D eigenvalue weighted by Gasteiger charge is 2.14. The van der Waals surface area contributed by atoms with E-state index in [2.05, 4.69) is 15.9 Å². The topological polar surface area (TPSA) is 26.3 Å². The molecule has 2 aromatic rings. The van der Waals surface area contributed by atoms with Crippen molar-refractivity contribution in [2.45, 2.75) is 13.3 Å². The minimum Gasteiger partial charge on any atom is -0.493 e. The molecule has 0 N–H and O–H groups in total. The van der Waals surface area contributed by atoms with Gasteiger partial charge in [-0.3, -0.25) is 4.79 Å². The Balaban J connectivity index is 2.24. The Morgan fingerprint density at radius 3 is 2.70 bits per heavy atom. The van der Waals surface area contributed by atoms with Gasteiger partial charge >= 0.3 is 0 Å². The van der Waals surface area contributed by atoms with Gasteiger partial charge in [0.2, 0.25) is 0 Å². The van der Waals surface area contributed by atoms with Crippen molar-refractivity contribution in [3.63, 3.8) is 0 Å². The maximum absolute atomic E-state index is 13.0. The summed E-state index contributed by atoms with van der Waals surface area (Å²) in [5.74, 6) is 0.197. The second-order valence-electron chi connectivity index (χ2n) is 4.26. The fraction of sp³-hybridized carbons (Fsp3) is 0.188. The minimum atomic E-state index is -0.331. The van der Waals surface area contributed by atoms with E-state index in [9.17, 15) is 9.18 Å². The van der Waals surface area contributed by atoms with Crippen molar-refractivity contribution in [2.24, 2.45) is 0 Å². The van der Waals surface area contributed by atoms with Crippen LogP contribution < -0.4 is 4.74 Å². The third kappa shape index (κ3) is 3.45. The summed E-state index contributed by atoms with van der Waals surface area (Å²) in [5, 5.41) is 0. The number of rotatable bonds is 5. The quantitative estimate of drug-likeness (QED) is 0.756. The van der Waals surface area contributed by atoms with Gasteiger partial charge < -0.3 is 4.74 Å². The summed E-state index contributed by atoms with van der Waals surface area (Å²) in [4.78, 5) is 12.4. The largest absolute Gasteiger partial charge is 0.493 e. The van der Waals surface area contributed by atoms with Gasteiger partial charge in [-0.1, -0.05) is 34.1 Å². The number of hydrogen-bond acceptors (Lipinski definition) is 2. The van der Waals surface area contributed by atoms with Gasteiger partial charge in [-0.15, -0.1) is 0 Å². The van der Waals surface area contributed by atoms with Crippen molar-refractivity contribution in [3.05, 3.63) is 63.9 Å². The molecule has 0 bridgehead atoms. The molecule has 0 saturated heterocycles. The number of ether oxygens (including phenoxy) is 1. The molecule has 0 radical (unpaired) electrons. The Labute approximate surface area is 125 Å². The normalized spacial score (nSPS) is 10.3. The van der Waals surface area contributed by atoms with Crippen LogP contribution in [0.15, 0.2) is 46.9 Å². The van der Waals surface area contributed by atoms with Crippen molar-refractivity contribution in [2.75, 3.05) is 6.61 Å². The molecule has 0 heterocycles. The molecule has 0 amide bonds. The molecular weight excluding hydrogens is 323 g/mol. The Bertz CT molecular complexity index is 626. The molecule has 0 fully saturated rings. The Morgan fingerprint density at radius 2 is 2.00 bits per heavy atom. The second-order valence-corrected chi connectivity index (χ2v) is 5.12. The predicted octanol–water partition coefficient (Wildman–Crippen LogP) is 4.41. The number of hydrogen-bond donors (Lipinski definition) is 0. The SMILES string of the molecule is CCOc1ccccc1C(=O)Cc1ccc(F)cc1Br. The van der Waals surface area contributed by atoms with Gasteiger partial charge in [0.25, 0.3) is 0 Å². The number of ketones is 1. The summed E-state index contributed by atoms with van der Waals surface area (Å²) < 4.78 is 19.1. The fourth-order valence-electron chi connectivity index (χ4n) is 1.91. The van der Waals surface area contributed by atoms with Gasteiger partial charge in [-0.05, 0) is 36.8 Å². The zero-order chi connectivity index (χ0) is 14.5. The van der Waals surface area contributed by atoms with Crippen LogP contribution in [0.5, 0.6) is 5.75 Å². The van der Waals surface area contributed by atoms with Crippen molar-refractivity contribution < 1.29 is 13.9 Å². The highest BCUT2D eigenvalue weighted by molar-refractivity contribution is 9.10. The van der Waals surface area contributed by atoms with Crippen LogP contribution in [0.3, 0.4) is 0 Å². The Kier molecular flexibility index (Phi) is 4.90. The van der Waals surface area contributed by atoms with Gasteiger partial charge in [-0.25, -0.2) is 4.39 Å². The van der Waals surface area contributed by atoms with Crippen LogP contribution in [0, 0.1) is 5.82 Å². The lowest BCUT2D eigenvalue weighted by Crippen LogP contribution is -2.07. The highest BCUT2D eigenvalue weighted by Crippen LogP contribution is 2.23. The first-order valence-electron chi connectivity index (χ1n) is 6.30. The minimum absolute atomic E-state index is 0.0543. The van der Waals surface area contributed by atoms with Crippen molar-refractivity contribution in [1.29, 1.82) is 0 Å². The molecule has 2 rings (SSSR count). The number of para-hydroxylation sites is 1. The van der Waals surface area contributed by atoms with Gasteiger partial charge in [0.05, 0.1) is 12.2 Å². The predicted molar refractivity (Wildman–Crippen MR) is 79.7 cm³/mol. The molecule has 4 heteroatoms. The average Bonchev–Trinajstić information content (AvgIpc) is 2.43. The summed E-state index contributed by atoms with van der Waals surface area (Å²) in [5.41, 5.74) is 1.30. The third-order valence-electron chi connectivity index (χ3n) is 2.85. The zero-order valence-electron chi connectivity index (χ0n) is 11.0. The number of carbonyl (C=O) groups excluding carboxylic acids is 1. The molecular formula is C16H14BrFO2. The number of benzene rings is 2. The van der Waals surface area contributed by atoms with Gasteiger partial charge in [0.1, 0.15) is 11.6 Å². The van der Waals surface area contributed by atoms with Gasteiger partial charge in [0.15, 0.2) is 5.78 Å². The van der Waals surface area contributed by atoms with Crippen molar-refractivity contribution in [1.82, 2.24) is 0 Å². The molecule has 0 spiro atoms. The van der Waals surface area contributed by atoms with Crippen molar-refractivity contribution in [3.8, 4) is 5.75 Å². The van der Waals surface area contributed by atoms with Crippen molar-refractivity contribution >= 4 is 21.7 Å². The number of Topliss-reactive ketones (excluding diaryl/α,β-unsaturated/α-hetero) is 1. The smallest absolute Gasteiger partial charge is 0.170 e. The first-order valence-corrected chi connectivity index (χ1v) is 7.10. The monoisotopic (exact) mass is 336 g/mol. The maximum atomic E-state index is 13.0. The van der Waals surface area contributed by atoms with E-state index < -0.39 is 0 Å². The molecule has 0 aliphatic heterocycles. The Hall–Kier alpha value is -1.68. The molecule has 0 atom stereocenters. The highest BCUT2D eigenvalue weighted by atomic mass is 79.9. The number of carbonyl (C=O) groups is 1. The lowest BCUT2D eigenvalue weighted by atomic mass is 10.0. The van der Waals surface area contributed by atoms with E-state index in [0.29, 0.717) is 22.4 Å². The first kappa shape index (κ1) is 14.7. The van der Waals surface area contributed by atoms with E-state index in [1.807, 2.05) is 13.0 Å². The molecule has 0 aliphatic rings. The van der Waals surface area contributed by atoms with Crippen LogP contribution in [-0.4, -0.2) is 12.4 Å². The van der Waals surface area contributed by atoms with Crippen LogP contribution in [0.4, 0.5) is 4.39 Å². The molecule has 2 nitrogen and oxygen atoms in total. The van der Waals surface area contributed by atoms with E-state index in [1.165, 1.54) is 12.1 Å². The lowest BCUT2D eigenvalue weighted by molar-refractivity contribution is 0.0989. The summed E-state index contributed by atoms with van der Waals surface area (Å²) in [7, 11) is 0. The van der Waals surface area contributed by atoms with E-state index in [-0.39, 0.29) is 18.0 Å². The van der Waals surface area contributed by atoms with Crippen LogP contribution in [0.25, 0.3) is 0 Å². The summed E-state index contributed by atoms with van der Waals surface area (Å²) in [6, 6.07) is 11.5. The van der Waals surface area contributed by atoms with Crippen LogP contribution in [0.2, 0.25) is 0 Å². The second kappa shape index (κ2) is 6.66. The summed E-state index contributed by atoms with van der Waals surface area (Å²) in [6.07, 6.45) is 0.199. The third-order valence-corrected chi connectivity index (χ3v) is 3.59. The van der Waals surface area contributed by atoms with Crippen LogP contribution >= 0.6 is 15.9 Å². The van der Waals surface area contributed by atoms with E-state index in [4.69, 9.17) is 4.74 Å². The van der Waals surface area contributed by atoms with E-state index >= 15 is 0 Å². The van der Waals surface area contributed by atoms with Gasteiger partial charge in [-0.2, -0.15) is 0 Å². The standard InChI is InChI=1S/C16H14BrFO2/c1-2-20-16-6-4-3-5-13(16)15(19)9-11-7-8-12(18)10-14(11)17/h3-8,10H,2,9H2,1H3. The molecule has 2 aromatic carbocycles. The summed E-state index contributed by atoms with van der Waals surface area (Å²) >= 11 is 3.27. The first-order chi connectivity index (χ1) is 9.61. The van der Waals surface area contributed by atoms with E-state index in [0.717, 1.165) is 5.56 Å². The zero-order valence-corrected chi connectivity index (χ0v) is 12.6. The molecule has 104 valence electrons. The maximum Gasteiger partial charge on any atom is 0.170 e. The number of halogens is 2. The average molecular weight is 337 g/mol.